The second-order valence-corrected chi connectivity index (χ2v) is 8.15. The summed E-state index contributed by atoms with van der Waals surface area (Å²) in [4.78, 5) is 14.9. The highest BCUT2D eigenvalue weighted by molar-refractivity contribution is 5.92. The van der Waals surface area contributed by atoms with Gasteiger partial charge in [0.25, 0.3) is 0 Å². The van der Waals surface area contributed by atoms with Crippen molar-refractivity contribution in [1.82, 2.24) is 4.98 Å². The summed E-state index contributed by atoms with van der Waals surface area (Å²) in [5.74, 6) is -0.659. The van der Waals surface area contributed by atoms with Crippen LogP contribution in [-0.2, 0) is 17.6 Å². The average molecular weight is 399 g/mol. The smallest absolute Gasteiger partial charge is 0.303 e. The number of aliphatic carboxylic acids is 1. The van der Waals surface area contributed by atoms with Crippen molar-refractivity contribution in [3.63, 3.8) is 0 Å². The van der Waals surface area contributed by atoms with E-state index in [9.17, 15) is 4.79 Å². The second-order valence-electron chi connectivity index (χ2n) is 8.15. The van der Waals surface area contributed by atoms with E-state index in [0.29, 0.717) is 6.42 Å². The molecule has 1 aliphatic rings. The quantitative estimate of drug-likeness (QED) is 0.437. The number of nitrogens with zero attached hydrogens (tertiary/aromatic N) is 1. The first kappa shape index (κ1) is 23.2. The Labute approximate surface area is 175 Å². The fraction of sp³-hybridized carbons (Fsp3) is 0.600. The van der Waals surface area contributed by atoms with Gasteiger partial charge in [-0.25, -0.2) is 0 Å². The molecule has 0 unspecified atom stereocenters. The fourth-order valence-electron chi connectivity index (χ4n) is 4.00. The molecule has 2 aromatic rings. The van der Waals surface area contributed by atoms with Crippen molar-refractivity contribution in [3.05, 3.63) is 35.5 Å². The molecule has 29 heavy (non-hydrogen) atoms. The Balaban J connectivity index is 0.000000208. The lowest BCUT2D eigenvalue weighted by molar-refractivity contribution is -0.137. The molecule has 1 aliphatic carbocycles. The molecule has 4 heteroatoms. The standard InChI is InChI=1S/C13H14N2.C12H24O2/c14-13-9-5-1-3-7-11(9)15-12-8-4-2-6-10(12)13;1-2-3-4-5-6-7-8-9-10-11-12(13)14/h1,3,5,7H,2,4,6,8H2,(H2,14,15);2-11H2,1H3,(H,13,14). The van der Waals surface area contributed by atoms with Gasteiger partial charge in [-0.2, -0.15) is 0 Å². The molecule has 0 bridgehead atoms. The first-order valence-corrected chi connectivity index (χ1v) is 11.5. The minimum Gasteiger partial charge on any atom is -0.481 e. The maximum absolute atomic E-state index is 10.2. The van der Waals surface area contributed by atoms with Gasteiger partial charge in [0.15, 0.2) is 0 Å². The number of hydrogen-bond donors (Lipinski definition) is 2. The number of unbranched alkanes of at least 4 members (excludes halogenated alkanes) is 8. The number of carbonyl (C=O) groups is 1. The van der Waals surface area contributed by atoms with E-state index in [1.54, 1.807) is 0 Å². The van der Waals surface area contributed by atoms with Crippen molar-refractivity contribution in [3.8, 4) is 0 Å². The van der Waals surface area contributed by atoms with E-state index < -0.39 is 5.97 Å². The second kappa shape index (κ2) is 13.2. The summed E-state index contributed by atoms with van der Waals surface area (Å²) < 4.78 is 0. The van der Waals surface area contributed by atoms with Crippen molar-refractivity contribution in [2.24, 2.45) is 0 Å². The van der Waals surface area contributed by atoms with Gasteiger partial charge < -0.3 is 10.8 Å². The van der Waals surface area contributed by atoms with Crippen molar-refractivity contribution >= 4 is 22.6 Å². The highest BCUT2D eigenvalue weighted by atomic mass is 16.4. The highest BCUT2D eigenvalue weighted by Crippen LogP contribution is 2.30. The van der Waals surface area contributed by atoms with Gasteiger partial charge >= 0.3 is 5.97 Å². The number of nitrogens with two attached hydrogens (primary N) is 1. The van der Waals surface area contributed by atoms with Crippen LogP contribution in [0.1, 0.15) is 95.2 Å². The molecule has 0 spiro atoms. The summed E-state index contributed by atoms with van der Waals surface area (Å²) in [6.45, 7) is 2.23. The largest absolute Gasteiger partial charge is 0.481 e. The number of carboxylic acids is 1. The predicted molar refractivity (Wildman–Crippen MR) is 122 cm³/mol. The van der Waals surface area contributed by atoms with Gasteiger partial charge in [0.05, 0.1) is 5.52 Å². The summed E-state index contributed by atoms with van der Waals surface area (Å²) in [6, 6.07) is 8.15. The molecule has 1 aromatic heterocycles. The van der Waals surface area contributed by atoms with E-state index in [1.807, 2.05) is 18.2 Å². The molecule has 4 nitrogen and oxygen atoms in total. The van der Waals surface area contributed by atoms with E-state index in [1.165, 1.54) is 69.0 Å². The molecular weight excluding hydrogens is 360 g/mol. The van der Waals surface area contributed by atoms with Crippen LogP contribution in [0.25, 0.3) is 10.9 Å². The summed E-state index contributed by atoms with van der Waals surface area (Å²) in [6.07, 6.45) is 16.2. The predicted octanol–water partition coefficient (Wildman–Crippen LogP) is 6.69. The number of benzene rings is 1. The van der Waals surface area contributed by atoms with E-state index in [0.717, 1.165) is 42.3 Å². The summed E-state index contributed by atoms with van der Waals surface area (Å²) >= 11 is 0. The van der Waals surface area contributed by atoms with Crippen LogP contribution in [0, 0.1) is 0 Å². The summed E-state index contributed by atoms with van der Waals surface area (Å²) in [5, 5.41) is 9.52. The van der Waals surface area contributed by atoms with Gasteiger partial charge in [0, 0.05) is 23.2 Å². The van der Waals surface area contributed by atoms with Gasteiger partial charge in [0.2, 0.25) is 0 Å². The number of nitrogen functional groups attached to an aromatic ring is 1. The van der Waals surface area contributed by atoms with Gasteiger partial charge in [-0.05, 0) is 43.7 Å². The summed E-state index contributed by atoms with van der Waals surface area (Å²) in [7, 11) is 0. The van der Waals surface area contributed by atoms with E-state index in [4.69, 9.17) is 15.8 Å². The fourth-order valence-corrected chi connectivity index (χ4v) is 4.00. The number of anilines is 1. The van der Waals surface area contributed by atoms with Crippen LogP contribution in [-0.4, -0.2) is 16.1 Å². The monoisotopic (exact) mass is 398 g/mol. The number of hydrogen-bond acceptors (Lipinski definition) is 3. The average Bonchev–Trinajstić information content (AvgIpc) is 2.73. The molecule has 1 aromatic carbocycles. The Morgan fingerprint density at radius 1 is 0.966 bits per heavy atom. The third-order valence-corrected chi connectivity index (χ3v) is 5.71. The molecule has 0 radical (unpaired) electrons. The molecule has 0 saturated heterocycles. The third-order valence-electron chi connectivity index (χ3n) is 5.71. The molecule has 0 saturated carbocycles. The van der Waals surface area contributed by atoms with Crippen LogP contribution in [0.2, 0.25) is 0 Å². The van der Waals surface area contributed by atoms with Crippen molar-refractivity contribution in [1.29, 1.82) is 0 Å². The number of aromatic nitrogens is 1. The lowest BCUT2D eigenvalue weighted by Crippen LogP contribution is -2.09. The Morgan fingerprint density at radius 2 is 1.59 bits per heavy atom. The van der Waals surface area contributed by atoms with Crippen LogP contribution >= 0.6 is 0 Å². The summed E-state index contributed by atoms with van der Waals surface area (Å²) in [5.41, 5.74) is 10.7. The van der Waals surface area contributed by atoms with Crippen LogP contribution in [0.3, 0.4) is 0 Å². The van der Waals surface area contributed by atoms with E-state index in [-0.39, 0.29) is 0 Å². The normalized spacial score (nSPS) is 12.9. The zero-order valence-electron chi connectivity index (χ0n) is 18.1. The molecular formula is C25H38N2O2. The number of para-hydroxylation sites is 1. The Morgan fingerprint density at radius 3 is 2.28 bits per heavy atom. The molecule has 3 N–H and O–H groups in total. The number of carboxylic acid groups (broad SMARTS) is 1. The third kappa shape index (κ3) is 8.04. The first-order chi connectivity index (χ1) is 14.1. The molecule has 0 amide bonds. The number of fused-ring (bicyclic) bond motifs is 2. The minimum atomic E-state index is -0.659. The van der Waals surface area contributed by atoms with Gasteiger partial charge in [-0.15, -0.1) is 0 Å². The van der Waals surface area contributed by atoms with Gasteiger partial charge in [-0.1, -0.05) is 76.5 Å². The van der Waals surface area contributed by atoms with Crippen molar-refractivity contribution < 1.29 is 9.90 Å². The van der Waals surface area contributed by atoms with Crippen LogP contribution in [0.15, 0.2) is 24.3 Å². The Hall–Kier alpha value is -2.10. The van der Waals surface area contributed by atoms with Gasteiger partial charge in [-0.3, -0.25) is 9.78 Å². The zero-order chi connectivity index (χ0) is 20.9. The molecule has 3 rings (SSSR count). The zero-order valence-corrected chi connectivity index (χ0v) is 18.1. The van der Waals surface area contributed by atoms with E-state index in [2.05, 4.69) is 13.0 Å². The van der Waals surface area contributed by atoms with Crippen molar-refractivity contribution in [2.45, 2.75) is 96.8 Å². The van der Waals surface area contributed by atoms with Crippen LogP contribution in [0.4, 0.5) is 5.69 Å². The lowest BCUT2D eigenvalue weighted by atomic mass is 9.93. The number of rotatable bonds is 10. The van der Waals surface area contributed by atoms with E-state index >= 15 is 0 Å². The topological polar surface area (TPSA) is 76.2 Å². The SMILES string of the molecule is CCCCCCCCCCCC(=O)O.Nc1c2c(nc3ccccc13)CCCC2. The maximum Gasteiger partial charge on any atom is 0.303 e. The van der Waals surface area contributed by atoms with Gasteiger partial charge in [0.1, 0.15) is 0 Å². The minimum absolute atomic E-state index is 0.343. The maximum atomic E-state index is 10.2. The first-order valence-electron chi connectivity index (χ1n) is 11.5. The molecule has 0 aliphatic heterocycles. The number of aryl methyl sites for hydroxylation is 1. The highest BCUT2D eigenvalue weighted by Gasteiger charge is 2.15. The molecule has 160 valence electrons. The molecule has 0 atom stereocenters. The van der Waals surface area contributed by atoms with Crippen LogP contribution < -0.4 is 5.73 Å². The number of pyridine rings is 1. The molecule has 0 fully saturated rings. The Kier molecular flexibility index (Phi) is 10.5. The Bertz CT molecular complexity index is 758. The van der Waals surface area contributed by atoms with Crippen molar-refractivity contribution in [2.75, 3.05) is 5.73 Å². The molecule has 1 heterocycles. The van der Waals surface area contributed by atoms with Crippen LogP contribution in [0.5, 0.6) is 0 Å². The lowest BCUT2D eigenvalue weighted by Gasteiger charge is -2.18.